The fourth-order valence-electron chi connectivity index (χ4n) is 2.98. The zero-order valence-electron chi connectivity index (χ0n) is 19.0. The lowest BCUT2D eigenvalue weighted by Crippen LogP contribution is -2.58. The van der Waals surface area contributed by atoms with Gasteiger partial charge in [-0.05, 0) is 61.3 Å². The molecule has 0 amide bonds. The molecule has 0 bridgehead atoms. The van der Waals surface area contributed by atoms with Crippen LogP contribution in [0.25, 0.3) is 0 Å². The third-order valence-electron chi connectivity index (χ3n) is 4.89. The monoisotopic (exact) mass is 466 g/mol. The summed E-state index contributed by atoms with van der Waals surface area (Å²) in [7, 11) is 0. The molecule has 0 saturated carbocycles. The molecule has 0 aliphatic rings. The lowest BCUT2D eigenvalue weighted by molar-refractivity contribution is -0.373. The number of carbonyl (C=O) groups is 2. The lowest BCUT2D eigenvalue weighted by atomic mass is 9.72. The Hall–Kier alpha value is -1.52. The number of hydrogen-bond acceptors (Lipinski definition) is 5. The number of esters is 2. The number of ether oxygens (including phenoxy) is 2. The fraction of sp³-hybridized carbons (Fsp3) is 0.900. The Kier molecular flexibility index (Phi) is 8.70. The van der Waals surface area contributed by atoms with Crippen LogP contribution < -0.4 is 0 Å². The molecule has 31 heavy (non-hydrogen) atoms. The molecular formula is C20H32F6O5. The van der Waals surface area contributed by atoms with Gasteiger partial charge in [-0.25, -0.2) is 0 Å². The molecule has 0 aliphatic heterocycles. The SMILES string of the molecule is CCC(C)(CC(C)(C)C(=O)OC(C)(C)C)C(=O)OC(C)CC(O)(C(F)(F)F)C(F)(F)F. The Morgan fingerprint density at radius 1 is 0.871 bits per heavy atom. The summed E-state index contributed by atoms with van der Waals surface area (Å²) < 4.78 is 87.5. The molecule has 0 saturated heterocycles. The van der Waals surface area contributed by atoms with Crippen LogP contribution in [0, 0.1) is 10.8 Å². The first kappa shape index (κ1) is 29.5. The van der Waals surface area contributed by atoms with E-state index in [1.54, 1.807) is 27.7 Å². The largest absolute Gasteiger partial charge is 0.462 e. The third kappa shape index (κ3) is 7.54. The zero-order valence-corrected chi connectivity index (χ0v) is 19.0. The molecule has 2 unspecified atom stereocenters. The fourth-order valence-corrected chi connectivity index (χ4v) is 2.98. The summed E-state index contributed by atoms with van der Waals surface area (Å²) >= 11 is 0. The van der Waals surface area contributed by atoms with Gasteiger partial charge in [-0.3, -0.25) is 9.59 Å². The molecule has 0 aromatic rings. The summed E-state index contributed by atoms with van der Waals surface area (Å²) in [5, 5.41) is 9.29. The van der Waals surface area contributed by atoms with Crippen molar-refractivity contribution < 1.29 is 50.5 Å². The Labute approximate surface area is 178 Å². The highest BCUT2D eigenvalue weighted by Gasteiger charge is 2.70. The lowest BCUT2D eigenvalue weighted by Gasteiger charge is -2.37. The van der Waals surface area contributed by atoms with Crippen molar-refractivity contribution in [2.75, 3.05) is 0 Å². The molecule has 0 heterocycles. The number of aliphatic hydroxyl groups is 1. The van der Waals surface area contributed by atoms with Gasteiger partial charge in [-0.1, -0.05) is 6.92 Å². The summed E-state index contributed by atoms with van der Waals surface area (Å²) in [5.74, 6) is -1.70. The standard InChI is InChI=1S/C20H32F6O5/c1-9-17(8,11-16(6,7)13(27)31-15(3,4)5)14(28)30-12(2)10-18(29,19(21,22)23)20(24,25)26/h12,29H,9-11H2,1-8H3. The minimum Gasteiger partial charge on any atom is -0.462 e. The van der Waals surface area contributed by atoms with Crippen LogP contribution in [0.5, 0.6) is 0 Å². The van der Waals surface area contributed by atoms with E-state index >= 15 is 0 Å². The van der Waals surface area contributed by atoms with E-state index in [-0.39, 0.29) is 12.8 Å². The van der Waals surface area contributed by atoms with Crippen LogP contribution in [-0.4, -0.2) is 46.7 Å². The molecule has 0 spiro atoms. The summed E-state index contributed by atoms with van der Waals surface area (Å²) in [6.45, 7) is 11.8. The van der Waals surface area contributed by atoms with Crippen LogP contribution >= 0.6 is 0 Å². The normalized spacial score (nSPS) is 17.0. The van der Waals surface area contributed by atoms with Crippen molar-refractivity contribution in [1.82, 2.24) is 0 Å². The van der Waals surface area contributed by atoms with Crippen LogP contribution in [0.1, 0.15) is 74.7 Å². The molecule has 184 valence electrons. The Bertz CT molecular complexity index is 634. The van der Waals surface area contributed by atoms with Crippen molar-refractivity contribution >= 4 is 11.9 Å². The maximum absolute atomic E-state index is 12.9. The van der Waals surface area contributed by atoms with E-state index in [0.717, 1.165) is 6.92 Å². The van der Waals surface area contributed by atoms with Crippen molar-refractivity contribution in [3.63, 3.8) is 0 Å². The first-order valence-electron chi connectivity index (χ1n) is 9.72. The quantitative estimate of drug-likeness (QED) is 0.386. The van der Waals surface area contributed by atoms with Crippen LogP contribution in [0.15, 0.2) is 0 Å². The average molecular weight is 466 g/mol. The molecule has 1 N–H and O–H groups in total. The maximum Gasteiger partial charge on any atom is 0.426 e. The summed E-state index contributed by atoms with van der Waals surface area (Å²) in [5.41, 5.74) is -8.42. The van der Waals surface area contributed by atoms with Gasteiger partial charge in [0.25, 0.3) is 5.60 Å². The predicted octanol–water partition coefficient (Wildman–Crippen LogP) is 5.34. The third-order valence-corrected chi connectivity index (χ3v) is 4.89. The van der Waals surface area contributed by atoms with E-state index in [9.17, 15) is 41.0 Å². The summed E-state index contributed by atoms with van der Waals surface area (Å²) in [4.78, 5) is 25.1. The van der Waals surface area contributed by atoms with Gasteiger partial charge in [-0.15, -0.1) is 0 Å². The van der Waals surface area contributed by atoms with Crippen molar-refractivity contribution in [1.29, 1.82) is 0 Å². The van der Waals surface area contributed by atoms with E-state index < -0.39 is 58.8 Å². The number of halogens is 6. The number of hydrogen-bond donors (Lipinski definition) is 1. The Balaban J connectivity index is 5.55. The second kappa shape index (κ2) is 9.15. The molecule has 11 heteroatoms. The van der Waals surface area contributed by atoms with Gasteiger partial charge in [0.05, 0.1) is 10.8 Å². The van der Waals surface area contributed by atoms with Gasteiger partial charge in [0.15, 0.2) is 0 Å². The molecule has 2 atom stereocenters. The molecule has 0 aliphatic carbocycles. The first-order valence-corrected chi connectivity index (χ1v) is 9.72. The second-order valence-electron chi connectivity index (χ2n) is 9.75. The topological polar surface area (TPSA) is 72.8 Å². The van der Waals surface area contributed by atoms with Crippen LogP contribution in [0.4, 0.5) is 26.3 Å². The minimum absolute atomic E-state index is 0.0909. The van der Waals surface area contributed by atoms with Crippen LogP contribution in [0.2, 0.25) is 0 Å². The van der Waals surface area contributed by atoms with Gasteiger partial charge in [0, 0.05) is 6.42 Å². The number of rotatable bonds is 8. The van der Waals surface area contributed by atoms with E-state index in [4.69, 9.17) is 9.47 Å². The van der Waals surface area contributed by atoms with E-state index in [1.807, 2.05) is 0 Å². The van der Waals surface area contributed by atoms with E-state index in [1.165, 1.54) is 20.8 Å². The number of alkyl halides is 6. The smallest absolute Gasteiger partial charge is 0.426 e. The van der Waals surface area contributed by atoms with Gasteiger partial charge in [0.1, 0.15) is 11.7 Å². The van der Waals surface area contributed by atoms with E-state index in [0.29, 0.717) is 0 Å². The summed E-state index contributed by atoms with van der Waals surface area (Å²) in [6, 6.07) is 0. The average Bonchev–Trinajstić information content (AvgIpc) is 2.50. The van der Waals surface area contributed by atoms with Gasteiger partial charge in [0.2, 0.25) is 0 Å². The van der Waals surface area contributed by atoms with E-state index in [2.05, 4.69) is 0 Å². The number of carbonyl (C=O) groups excluding carboxylic acids is 2. The highest BCUT2D eigenvalue weighted by Crippen LogP contribution is 2.46. The molecular weight excluding hydrogens is 434 g/mol. The molecule has 5 nitrogen and oxygen atoms in total. The second-order valence-corrected chi connectivity index (χ2v) is 9.75. The molecule has 0 aromatic heterocycles. The van der Waals surface area contributed by atoms with Crippen molar-refractivity contribution in [3.8, 4) is 0 Å². The minimum atomic E-state index is -6.02. The first-order chi connectivity index (χ1) is 13.4. The van der Waals surface area contributed by atoms with Crippen molar-refractivity contribution in [3.05, 3.63) is 0 Å². The van der Waals surface area contributed by atoms with Crippen LogP contribution in [-0.2, 0) is 19.1 Å². The van der Waals surface area contributed by atoms with Crippen molar-refractivity contribution in [2.24, 2.45) is 10.8 Å². The Morgan fingerprint density at radius 3 is 1.61 bits per heavy atom. The van der Waals surface area contributed by atoms with Gasteiger partial charge >= 0.3 is 24.3 Å². The molecule has 0 rings (SSSR count). The van der Waals surface area contributed by atoms with Crippen molar-refractivity contribution in [2.45, 2.75) is 104 Å². The van der Waals surface area contributed by atoms with Gasteiger partial charge in [-0.2, -0.15) is 26.3 Å². The highest BCUT2D eigenvalue weighted by molar-refractivity contribution is 5.80. The zero-order chi connectivity index (χ0) is 25.3. The Morgan fingerprint density at radius 2 is 1.29 bits per heavy atom. The van der Waals surface area contributed by atoms with Gasteiger partial charge < -0.3 is 14.6 Å². The maximum atomic E-state index is 12.9. The predicted molar refractivity (Wildman–Crippen MR) is 99.9 cm³/mol. The molecule has 0 radical (unpaired) electrons. The molecule has 0 aromatic carbocycles. The van der Waals surface area contributed by atoms with Crippen LogP contribution in [0.3, 0.4) is 0 Å². The molecule has 0 fully saturated rings. The summed E-state index contributed by atoms with van der Waals surface area (Å²) in [6.07, 6.45) is -15.9. The highest BCUT2D eigenvalue weighted by atomic mass is 19.4.